The smallest absolute Gasteiger partial charge is 0.255 e. The molecule has 84 valence electrons. The maximum absolute atomic E-state index is 10.9. The van der Waals surface area contributed by atoms with Crippen molar-refractivity contribution >= 4 is 28.8 Å². The average Bonchev–Trinajstić information content (AvgIpc) is 2.16. The van der Waals surface area contributed by atoms with Crippen LogP contribution < -0.4 is 0 Å². The minimum atomic E-state index is -0.195. The van der Waals surface area contributed by atoms with Crippen molar-refractivity contribution in [1.29, 1.82) is 0 Å². The van der Waals surface area contributed by atoms with Crippen LogP contribution in [0.1, 0.15) is 58.3 Å². The molecule has 0 atom stereocenters. The maximum atomic E-state index is 10.9. The van der Waals surface area contributed by atoms with Crippen molar-refractivity contribution in [3.05, 3.63) is 0 Å². The summed E-state index contributed by atoms with van der Waals surface area (Å²) < 4.78 is 0.648. The molecular weight excluding hydrogens is 293 g/mol. The molecule has 4 heteroatoms. The van der Waals surface area contributed by atoms with Gasteiger partial charge in [0.2, 0.25) is 0 Å². The molecule has 0 aliphatic rings. The van der Waals surface area contributed by atoms with Crippen LogP contribution in [0, 0.1) is 0 Å². The largest absolute Gasteiger partial charge is 0.276 e. The first kappa shape index (κ1) is 14.2. The van der Waals surface area contributed by atoms with Gasteiger partial charge < -0.3 is 0 Å². The lowest BCUT2D eigenvalue weighted by Crippen LogP contribution is -2.15. The summed E-state index contributed by atoms with van der Waals surface area (Å²) >= 11 is 1.59. The van der Waals surface area contributed by atoms with E-state index in [0.717, 1.165) is 12.8 Å². The predicted octanol–water partition coefficient (Wildman–Crippen LogP) is 3.69. The van der Waals surface area contributed by atoms with Crippen LogP contribution in [-0.4, -0.2) is 14.4 Å². The van der Waals surface area contributed by atoms with E-state index in [-0.39, 0.29) is 5.91 Å². The fourth-order valence-corrected chi connectivity index (χ4v) is 1.57. The van der Waals surface area contributed by atoms with Crippen LogP contribution in [0.25, 0.3) is 0 Å². The van der Waals surface area contributed by atoms with Gasteiger partial charge in [-0.3, -0.25) is 10.0 Å². The molecule has 0 aromatic heterocycles. The molecule has 0 saturated heterocycles. The highest BCUT2D eigenvalue weighted by Gasteiger charge is 2.05. The molecule has 0 fully saturated rings. The highest BCUT2D eigenvalue weighted by molar-refractivity contribution is 14.1. The van der Waals surface area contributed by atoms with Gasteiger partial charge in [0.25, 0.3) is 5.91 Å². The van der Waals surface area contributed by atoms with E-state index in [4.69, 9.17) is 5.21 Å². The highest BCUT2D eigenvalue weighted by atomic mass is 127. The number of unbranched alkanes of at least 4 members (excludes halogenated alkanes) is 6. The zero-order valence-corrected chi connectivity index (χ0v) is 11.0. The summed E-state index contributed by atoms with van der Waals surface area (Å²) in [5, 5.41) is 8.76. The van der Waals surface area contributed by atoms with Crippen LogP contribution in [0.15, 0.2) is 0 Å². The third-order valence-electron chi connectivity index (χ3n) is 2.20. The van der Waals surface area contributed by atoms with Crippen molar-refractivity contribution in [1.82, 2.24) is 3.28 Å². The number of carbonyl (C=O) groups excluding carboxylic acids is 1. The van der Waals surface area contributed by atoms with E-state index in [0.29, 0.717) is 9.70 Å². The Morgan fingerprint density at radius 3 is 2.14 bits per heavy atom. The van der Waals surface area contributed by atoms with Crippen LogP contribution in [0.4, 0.5) is 0 Å². The van der Waals surface area contributed by atoms with Gasteiger partial charge in [-0.15, -0.1) is 0 Å². The molecule has 1 N–H and O–H groups in total. The van der Waals surface area contributed by atoms with Crippen LogP contribution in [0.2, 0.25) is 0 Å². The lowest BCUT2D eigenvalue weighted by molar-refractivity contribution is -0.141. The van der Waals surface area contributed by atoms with E-state index < -0.39 is 0 Å². The summed E-state index contributed by atoms with van der Waals surface area (Å²) in [6.45, 7) is 2.20. The minimum Gasteiger partial charge on any atom is -0.276 e. The number of hydrogen-bond donors (Lipinski definition) is 1. The number of nitrogens with zero attached hydrogens (tertiary/aromatic N) is 1. The number of rotatable bonds is 8. The van der Waals surface area contributed by atoms with Gasteiger partial charge in [0.05, 0.1) is 22.9 Å². The quantitative estimate of drug-likeness (QED) is 0.244. The van der Waals surface area contributed by atoms with E-state index >= 15 is 0 Å². The van der Waals surface area contributed by atoms with E-state index in [2.05, 4.69) is 6.92 Å². The van der Waals surface area contributed by atoms with Gasteiger partial charge in [-0.2, -0.15) is 3.28 Å². The van der Waals surface area contributed by atoms with Gasteiger partial charge in [0.1, 0.15) is 0 Å². The van der Waals surface area contributed by atoms with Crippen LogP contribution >= 0.6 is 22.9 Å². The molecule has 0 rings (SSSR count). The van der Waals surface area contributed by atoms with E-state index in [1.54, 1.807) is 22.9 Å². The lowest BCUT2D eigenvalue weighted by atomic mass is 10.1. The Labute approximate surface area is 100 Å². The van der Waals surface area contributed by atoms with Gasteiger partial charge in [-0.05, 0) is 6.42 Å². The number of carbonyl (C=O) groups is 1. The summed E-state index contributed by atoms with van der Waals surface area (Å²) in [6.07, 6.45) is 8.83. The first-order valence-corrected chi connectivity index (χ1v) is 6.32. The second-order valence-corrected chi connectivity index (χ2v) is 4.44. The third-order valence-corrected chi connectivity index (χ3v) is 2.74. The van der Waals surface area contributed by atoms with Crippen molar-refractivity contribution in [2.45, 2.75) is 58.3 Å². The molecule has 0 saturated carbocycles. The number of hydroxylamine groups is 1. The minimum absolute atomic E-state index is 0.195. The van der Waals surface area contributed by atoms with Crippen molar-refractivity contribution in [2.75, 3.05) is 0 Å². The van der Waals surface area contributed by atoms with Crippen molar-refractivity contribution in [3.8, 4) is 0 Å². The van der Waals surface area contributed by atoms with Gasteiger partial charge >= 0.3 is 0 Å². The zero-order valence-electron chi connectivity index (χ0n) is 8.84. The molecule has 1 amide bonds. The van der Waals surface area contributed by atoms with E-state index in [9.17, 15) is 4.79 Å². The van der Waals surface area contributed by atoms with Gasteiger partial charge in [0.15, 0.2) is 0 Å². The zero-order chi connectivity index (χ0) is 10.8. The topological polar surface area (TPSA) is 40.5 Å². The molecule has 0 bridgehead atoms. The Morgan fingerprint density at radius 2 is 1.64 bits per heavy atom. The summed E-state index contributed by atoms with van der Waals surface area (Å²) in [6, 6.07) is 0. The van der Waals surface area contributed by atoms with Gasteiger partial charge in [-0.1, -0.05) is 45.4 Å². The monoisotopic (exact) mass is 313 g/mol. The standard InChI is InChI=1S/C10H20INO2/c1-2-3-4-5-6-7-8-9-10(13)12(11)14/h14H,2-9H2,1H3. The Hall–Kier alpha value is 0.160. The molecule has 0 aromatic carbocycles. The summed E-state index contributed by atoms with van der Waals surface area (Å²) in [5.74, 6) is -0.195. The lowest BCUT2D eigenvalue weighted by Gasteiger charge is -2.05. The summed E-state index contributed by atoms with van der Waals surface area (Å²) in [4.78, 5) is 10.9. The number of halogens is 1. The fourth-order valence-electron chi connectivity index (χ4n) is 1.33. The molecule has 0 heterocycles. The highest BCUT2D eigenvalue weighted by Crippen LogP contribution is 2.09. The number of hydrogen-bond acceptors (Lipinski definition) is 2. The Bertz CT molecular complexity index is 151. The molecule has 3 nitrogen and oxygen atoms in total. The Kier molecular flexibility index (Phi) is 9.82. The van der Waals surface area contributed by atoms with Crippen LogP contribution in [0.5, 0.6) is 0 Å². The number of amides is 1. The first-order valence-electron chi connectivity index (χ1n) is 5.36. The fraction of sp³-hybridized carbons (Fsp3) is 0.900. The summed E-state index contributed by atoms with van der Waals surface area (Å²) in [7, 11) is 0. The van der Waals surface area contributed by atoms with Crippen molar-refractivity contribution in [3.63, 3.8) is 0 Å². The predicted molar refractivity (Wildman–Crippen MR) is 65.3 cm³/mol. The third kappa shape index (κ3) is 8.74. The van der Waals surface area contributed by atoms with E-state index in [1.807, 2.05) is 0 Å². The molecule has 0 spiro atoms. The molecule has 0 aliphatic heterocycles. The van der Waals surface area contributed by atoms with Crippen molar-refractivity contribution < 1.29 is 10.0 Å². The first-order chi connectivity index (χ1) is 6.68. The molecule has 0 aromatic rings. The second kappa shape index (κ2) is 9.71. The van der Waals surface area contributed by atoms with Gasteiger partial charge in [-0.25, -0.2) is 0 Å². The maximum Gasteiger partial charge on any atom is 0.255 e. The molecule has 14 heavy (non-hydrogen) atoms. The SMILES string of the molecule is CCCCCCCCCC(=O)N(O)I. The average molecular weight is 313 g/mol. The molecule has 0 aliphatic carbocycles. The van der Waals surface area contributed by atoms with Crippen molar-refractivity contribution in [2.24, 2.45) is 0 Å². The molecule has 0 unspecified atom stereocenters. The van der Waals surface area contributed by atoms with Crippen LogP contribution in [0.3, 0.4) is 0 Å². The van der Waals surface area contributed by atoms with E-state index in [1.165, 1.54) is 32.1 Å². The Morgan fingerprint density at radius 1 is 1.14 bits per heavy atom. The molecule has 0 radical (unpaired) electrons. The second-order valence-electron chi connectivity index (χ2n) is 3.53. The summed E-state index contributed by atoms with van der Waals surface area (Å²) in [5.41, 5.74) is 0. The molecular formula is C10H20INO2. The van der Waals surface area contributed by atoms with Gasteiger partial charge in [0, 0.05) is 6.42 Å². The van der Waals surface area contributed by atoms with Crippen LogP contribution in [-0.2, 0) is 4.79 Å². The normalized spacial score (nSPS) is 10.2. The Balaban J connectivity index is 3.10.